The second kappa shape index (κ2) is 9.36. The van der Waals surface area contributed by atoms with Crippen molar-refractivity contribution in [2.24, 2.45) is 0 Å². The van der Waals surface area contributed by atoms with Crippen molar-refractivity contribution in [2.75, 3.05) is 23.3 Å². The average molecular weight is 463 g/mol. The van der Waals surface area contributed by atoms with Crippen LogP contribution < -0.4 is 14.4 Å². The molecule has 6 nitrogen and oxygen atoms in total. The zero-order valence-electron chi connectivity index (χ0n) is 16.8. The van der Waals surface area contributed by atoms with Crippen LogP contribution >= 0.6 is 11.6 Å². The number of nitrogens with zero attached hydrogens (tertiary/aromatic N) is 1. The van der Waals surface area contributed by atoms with Gasteiger partial charge in [-0.1, -0.05) is 29.3 Å². The quantitative estimate of drug-likeness (QED) is 0.555. The van der Waals surface area contributed by atoms with Crippen molar-refractivity contribution in [2.45, 2.75) is 11.8 Å². The number of methoxy groups -OCH3 is 1. The van der Waals surface area contributed by atoms with Crippen molar-refractivity contribution in [1.82, 2.24) is 0 Å². The van der Waals surface area contributed by atoms with E-state index in [0.717, 1.165) is 34.1 Å². The van der Waals surface area contributed by atoms with Gasteiger partial charge in [0.25, 0.3) is 10.0 Å². The van der Waals surface area contributed by atoms with Gasteiger partial charge in [0, 0.05) is 5.69 Å². The Kier molecular flexibility index (Phi) is 6.82. The van der Waals surface area contributed by atoms with E-state index in [1.54, 1.807) is 36.4 Å². The number of sulfonamides is 1. The van der Waals surface area contributed by atoms with Gasteiger partial charge in [-0.25, -0.2) is 12.8 Å². The third-order valence-electron chi connectivity index (χ3n) is 4.45. The molecule has 0 aromatic heterocycles. The maximum atomic E-state index is 13.3. The summed E-state index contributed by atoms with van der Waals surface area (Å²) < 4.78 is 45.8. The number of rotatable bonds is 7. The number of aryl methyl sites for hydroxylation is 1. The van der Waals surface area contributed by atoms with Crippen molar-refractivity contribution in [1.29, 1.82) is 0 Å². The van der Waals surface area contributed by atoms with E-state index < -0.39 is 28.3 Å². The van der Waals surface area contributed by atoms with E-state index in [4.69, 9.17) is 16.3 Å². The van der Waals surface area contributed by atoms with Gasteiger partial charge in [0.15, 0.2) is 0 Å². The second-order valence-corrected chi connectivity index (χ2v) is 8.97. The van der Waals surface area contributed by atoms with E-state index in [9.17, 15) is 17.6 Å². The van der Waals surface area contributed by atoms with Gasteiger partial charge in [-0.15, -0.1) is 0 Å². The van der Waals surface area contributed by atoms with Crippen LogP contribution in [0.25, 0.3) is 0 Å². The number of anilines is 2. The van der Waals surface area contributed by atoms with Crippen LogP contribution in [0.1, 0.15) is 5.56 Å². The Balaban J connectivity index is 1.91. The molecule has 31 heavy (non-hydrogen) atoms. The number of amides is 1. The Hall–Kier alpha value is -3.10. The molecular weight excluding hydrogens is 443 g/mol. The number of benzene rings is 3. The molecule has 0 unspecified atom stereocenters. The van der Waals surface area contributed by atoms with Crippen molar-refractivity contribution in [3.63, 3.8) is 0 Å². The number of hydrogen-bond acceptors (Lipinski definition) is 4. The van der Waals surface area contributed by atoms with Crippen molar-refractivity contribution in [3.8, 4) is 5.75 Å². The summed E-state index contributed by atoms with van der Waals surface area (Å²) in [4.78, 5) is 12.6. The number of carbonyl (C=O) groups excluding carboxylic acids is 1. The highest BCUT2D eigenvalue weighted by Gasteiger charge is 2.27. The Morgan fingerprint density at radius 3 is 2.29 bits per heavy atom. The molecule has 1 N–H and O–H groups in total. The predicted octanol–water partition coefficient (Wildman–Crippen LogP) is 4.63. The third kappa shape index (κ3) is 5.34. The van der Waals surface area contributed by atoms with Crippen LogP contribution in [0.3, 0.4) is 0 Å². The highest BCUT2D eigenvalue weighted by Crippen LogP contribution is 2.28. The van der Waals surface area contributed by atoms with Crippen LogP contribution in [-0.2, 0) is 14.8 Å². The van der Waals surface area contributed by atoms with Crippen LogP contribution in [-0.4, -0.2) is 28.0 Å². The second-order valence-electron chi connectivity index (χ2n) is 6.70. The maximum absolute atomic E-state index is 13.3. The summed E-state index contributed by atoms with van der Waals surface area (Å²) >= 11 is 6.08. The molecule has 0 atom stereocenters. The molecule has 0 fully saturated rings. The number of nitrogens with one attached hydrogen (secondary N) is 1. The van der Waals surface area contributed by atoms with Gasteiger partial charge >= 0.3 is 0 Å². The molecule has 0 aliphatic rings. The highest BCUT2D eigenvalue weighted by atomic mass is 35.5. The summed E-state index contributed by atoms with van der Waals surface area (Å²) in [6.45, 7) is 1.37. The Labute approximate surface area is 185 Å². The summed E-state index contributed by atoms with van der Waals surface area (Å²) in [6, 6.07) is 15.8. The topological polar surface area (TPSA) is 75.7 Å². The van der Waals surface area contributed by atoms with E-state index in [2.05, 4.69) is 5.32 Å². The number of halogens is 2. The van der Waals surface area contributed by atoms with E-state index in [1.165, 1.54) is 13.2 Å². The molecule has 0 aliphatic carbocycles. The van der Waals surface area contributed by atoms with Gasteiger partial charge < -0.3 is 10.1 Å². The van der Waals surface area contributed by atoms with E-state index >= 15 is 0 Å². The third-order valence-corrected chi connectivity index (χ3v) is 6.53. The molecule has 0 saturated heterocycles. The molecular formula is C22H20ClFN2O4S. The lowest BCUT2D eigenvalue weighted by Crippen LogP contribution is -2.38. The lowest BCUT2D eigenvalue weighted by Gasteiger charge is -2.24. The first-order valence-corrected chi connectivity index (χ1v) is 11.0. The first-order valence-electron chi connectivity index (χ1n) is 9.19. The van der Waals surface area contributed by atoms with Gasteiger partial charge in [0.1, 0.15) is 18.1 Å². The number of ether oxygens (including phenoxy) is 1. The lowest BCUT2D eigenvalue weighted by molar-refractivity contribution is -0.114. The molecule has 162 valence electrons. The smallest absolute Gasteiger partial charge is 0.264 e. The largest absolute Gasteiger partial charge is 0.495 e. The molecule has 1 amide bonds. The Morgan fingerprint density at radius 1 is 1.06 bits per heavy atom. The molecule has 3 aromatic carbocycles. The van der Waals surface area contributed by atoms with Crippen LogP contribution in [0.4, 0.5) is 15.8 Å². The average Bonchev–Trinajstić information content (AvgIpc) is 2.73. The predicted molar refractivity (Wildman–Crippen MR) is 119 cm³/mol. The van der Waals surface area contributed by atoms with Crippen LogP contribution in [0.15, 0.2) is 71.6 Å². The zero-order chi connectivity index (χ0) is 22.6. The fourth-order valence-electron chi connectivity index (χ4n) is 2.83. The van der Waals surface area contributed by atoms with E-state index in [1.807, 2.05) is 6.92 Å². The van der Waals surface area contributed by atoms with Gasteiger partial charge in [-0.3, -0.25) is 9.10 Å². The SMILES string of the molecule is COc1ccc(NC(=O)CN(c2ccc(C)cc2)S(=O)(=O)c2ccc(F)cc2)cc1Cl. The zero-order valence-corrected chi connectivity index (χ0v) is 18.4. The minimum absolute atomic E-state index is 0.130. The van der Waals surface area contributed by atoms with Gasteiger partial charge in [0.2, 0.25) is 5.91 Å². The molecule has 9 heteroatoms. The lowest BCUT2D eigenvalue weighted by atomic mass is 10.2. The summed E-state index contributed by atoms with van der Waals surface area (Å²) in [5, 5.41) is 2.93. The molecule has 3 rings (SSSR count). The van der Waals surface area contributed by atoms with Gasteiger partial charge in [0.05, 0.1) is 22.7 Å². The Bertz CT molecular complexity index is 1180. The molecule has 3 aromatic rings. The number of hydrogen-bond donors (Lipinski definition) is 1. The minimum atomic E-state index is -4.13. The maximum Gasteiger partial charge on any atom is 0.264 e. The van der Waals surface area contributed by atoms with Crippen LogP contribution in [0.2, 0.25) is 5.02 Å². The highest BCUT2D eigenvalue weighted by molar-refractivity contribution is 7.92. The fourth-order valence-corrected chi connectivity index (χ4v) is 4.51. The first kappa shape index (κ1) is 22.6. The van der Waals surface area contributed by atoms with Crippen molar-refractivity contribution < 1.29 is 22.3 Å². The summed E-state index contributed by atoms with van der Waals surface area (Å²) in [7, 11) is -2.66. The molecule has 0 spiro atoms. The molecule has 0 radical (unpaired) electrons. The van der Waals surface area contributed by atoms with E-state index in [-0.39, 0.29) is 4.90 Å². The molecule has 0 saturated carbocycles. The first-order chi connectivity index (χ1) is 14.7. The van der Waals surface area contributed by atoms with Crippen molar-refractivity contribution in [3.05, 3.63) is 83.1 Å². The van der Waals surface area contributed by atoms with Gasteiger partial charge in [-0.05, 0) is 61.5 Å². The normalized spacial score (nSPS) is 11.1. The minimum Gasteiger partial charge on any atom is -0.495 e. The van der Waals surface area contributed by atoms with Crippen LogP contribution in [0, 0.1) is 12.7 Å². The summed E-state index contributed by atoms with van der Waals surface area (Å²) in [5.41, 5.74) is 1.62. The molecule has 0 heterocycles. The molecule has 0 aliphatic heterocycles. The number of carbonyl (C=O) groups is 1. The van der Waals surface area contributed by atoms with E-state index in [0.29, 0.717) is 22.1 Å². The standard InChI is InChI=1S/C22H20ClFN2O4S/c1-15-3-8-18(9-4-15)26(31(28,29)19-10-5-16(24)6-11-19)14-22(27)25-17-7-12-21(30-2)20(23)13-17/h3-13H,14H2,1-2H3,(H,25,27). The monoisotopic (exact) mass is 462 g/mol. The van der Waals surface area contributed by atoms with Crippen LogP contribution in [0.5, 0.6) is 5.75 Å². The fraction of sp³-hybridized carbons (Fsp3) is 0.136. The van der Waals surface area contributed by atoms with Crippen molar-refractivity contribution >= 4 is 38.9 Å². The Morgan fingerprint density at radius 2 is 1.71 bits per heavy atom. The molecule has 0 bridgehead atoms. The van der Waals surface area contributed by atoms with Gasteiger partial charge in [-0.2, -0.15) is 0 Å². The summed E-state index contributed by atoms with van der Waals surface area (Å²) in [6.07, 6.45) is 0. The summed E-state index contributed by atoms with van der Waals surface area (Å²) in [5.74, 6) is -0.692.